The summed E-state index contributed by atoms with van der Waals surface area (Å²) in [5.41, 5.74) is 1.78. The summed E-state index contributed by atoms with van der Waals surface area (Å²) >= 11 is 0. The summed E-state index contributed by atoms with van der Waals surface area (Å²) in [4.78, 5) is 31.3. The van der Waals surface area contributed by atoms with Crippen LogP contribution in [0.5, 0.6) is 5.75 Å². The van der Waals surface area contributed by atoms with Gasteiger partial charge in [-0.15, -0.1) is 0 Å². The number of aliphatic hydroxyl groups is 1. The van der Waals surface area contributed by atoms with Crippen LogP contribution in [0.4, 0.5) is 0 Å². The molecule has 1 unspecified atom stereocenters. The highest BCUT2D eigenvalue weighted by Gasteiger charge is 2.46. The molecule has 158 valence electrons. The quantitative estimate of drug-likeness (QED) is 0.428. The fraction of sp³-hybridized carbons (Fsp3) is 0.348. The van der Waals surface area contributed by atoms with Crippen LogP contribution in [0.25, 0.3) is 5.76 Å². The van der Waals surface area contributed by atoms with E-state index in [0.717, 1.165) is 5.56 Å². The van der Waals surface area contributed by atoms with E-state index in [2.05, 4.69) is 4.98 Å². The number of methoxy groups -OCH3 is 1. The van der Waals surface area contributed by atoms with Crippen molar-refractivity contribution in [2.75, 3.05) is 20.3 Å². The fourth-order valence-corrected chi connectivity index (χ4v) is 3.48. The second-order valence-corrected chi connectivity index (χ2v) is 7.39. The first-order valence-corrected chi connectivity index (χ1v) is 9.81. The van der Waals surface area contributed by atoms with Crippen molar-refractivity contribution in [3.05, 3.63) is 65.0 Å². The molecule has 1 aromatic carbocycles. The molecule has 7 heteroatoms. The van der Waals surface area contributed by atoms with Crippen molar-refractivity contribution in [2.24, 2.45) is 0 Å². The van der Waals surface area contributed by atoms with E-state index in [1.54, 1.807) is 42.6 Å². The number of aromatic nitrogens is 1. The molecule has 1 aliphatic rings. The number of benzene rings is 1. The van der Waals surface area contributed by atoms with Gasteiger partial charge in [0.25, 0.3) is 11.7 Å². The lowest BCUT2D eigenvalue weighted by atomic mass is 9.97. The lowest BCUT2D eigenvalue weighted by molar-refractivity contribution is -0.140. The van der Waals surface area contributed by atoms with Gasteiger partial charge in [-0.25, -0.2) is 0 Å². The standard InChI is InChI=1S/C23H26N2O5/c1-14(2)30-18-9-8-16(13-15(18)3)21(26)19-20(17-7-5-6-10-24-17)25(11-12-29-4)23(28)22(19)27/h5-10,13-14,20,26H,11-12H2,1-4H3/b21-19-. The Bertz CT molecular complexity index is 969. The van der Waals surface area contributed by atoms with Crippen LogP contribution in [0.2, 0.25) is 0 Å². The number of likely N-dealkylation sites (tertiary alicyclic amines) is 1. The topological polar surface area (TPSA) is 89.0 Å². The van der Waals surface area contributed by atoms with Crippen molar-refractivity contribution < 1.29 is 24.2 Å². The average Bonchev–Trinajstić information content (AvgIpc) is 2.98. The number of ether oxygens (including phenoxy) is 2. The van der Waals surface area contributed by atoms with E-state index in [4.69, 9.17) is 9.47 Å². The maximum Gasteiger partial charge on any atom is 0.295 e. The molecular weight excluding hydrogens is 384 g/mol. The Labute approximate surface area is 175 Å². The molecule has 3 rings (SSSR count). The number of rotatable bonds is 7. The second-order valence-electron chi connectivity index (χ2n) is 7.39. The lowest BCUT2D eigenvalue weighted by Crippen LogP contribution is -2.33. The monoisotopic (exact) mass is 410 g/mol. The third kappa shape index (κ3) is 4.21. The molecule has 1 saturated heterocycles. The minimum atomic E-state index is -0.784. The molecule has 30 heavy (non-hydrogen) atoms. The first-order valence-electron chi connectivity index (χ1n) is 9.81. The zero-order valence-corrected chi connectivity index (χ0v) is 17.6. The minimum Gasteiger partial charge on any atom is -0.507 e. The Hall–Kier alpha value is -3.19. The third-order valence-electron chi connectivity index (χ3n) is 4.86. The zero-order valence-electron chi connectivity index (χ0n) is 17.6. The Morgan fingerprint density at radius 3 is 2.60 bits per heavy atom. The number of pyridine rings is 1. The van der Waals surface area contributed by atoms with Gasteiger partial charge in [0.1, 0.15) is 17.6 Å². The molecular formula is C23H26N2O5. The summed E-state index contributed by atoms with van der Waals surface area (Å²) < 4.78 is 10.8. The minimum absolute atomic E-state index is 0.0124. The van der Waals surface area contributed by atoms with Gasteiger partial charge in [-0.1, -0.05) is 6.07 Å². The summed E-state index contributed by atoms with van der Waals surface area (Å²) in [6.45, 7) is 6.20. The molecule has 0 bridgehead atoms. The van der Waals surface area contributed by atoms with Crippen LogP contribution in [0, 0.1) is 6.92 Å². The maximum atomic E-state index is 12.9. The first-order chi connectivity index (χ1) is 14.3. The lowest BCUT2D eigenvalue weighted by Gasteiger charge is -2.24. The molecule has 7 nitrogen and oxygen atoms in total. The van der Waals surface area contributed by atoms with E-state index in [1.807, 2.05) is 20.8 Å². The highest BCUT2D eigenvalue weighted by molar-refractivity contribution is 6.46. The van der Waals surface area contributed by atoms with Gasteiger partial charge in [0.2, 0.25) is 0 Å². The van der Waals surface area contributed by atoms with Crippen LogP contribution in [0.3, 0.4) is 0 Å². The largest absolute Gasteiger partial charge is 0.507 e. The van der Waals surface area contributed by atoms with Crippen LogP contribution >= 0.6 is 0 Å². The molecule has 0 spiro atoms. The number of hydrogen-bond acceptors (Lipinski definition) is 6. The smallest absolute Gasteiger partial charge is 0.295 e. The predicted octanol–water partition coefficient (Wildman–Crippen LogP) is 3.25. The van der Waals surface area contributed by atoms with Gasteiger partial charge in [0.05, 0.1) is 24.0 Å². The molecule has 1 fully saturated rings. The highest BCUT2D eigenvalue weighted by Crippen LogP contribution is 2.38. The summed E-state index contributed by atoms with van der Waals surface area (Å²) in [5.74, 6) is -0.952. The normalized spacial score (nSPS) is 18.3. The maximum absolute atomic E-state index is 12.9. The Balaban J connectivity index is 2.10. The fourth-order valence-electron chi connectivity index (χ4n) is 3.48. The molecule has 1 aromatic heterocycles. The Kier molecular flexibility index (Phi) is 6.52. The molecule has 0 aliphatic carbocycles. The van der Waals surface area contributed by atoms with E-state index >= 15 is 0 Å². The number of aryl methyl sites for hydroxylation is 1. The summed E-state index contributed by atoms with van der Waals surface area (Å²) in [6.07, 6.45) is 1.60. The summed E-state index contributed by atoms with van der Waals surface area (Å²) in [5, 5.41) is 11.1. The van der Waals surface area contributed by atoms with Crippen molar-refractivity contribution in [3.8, 4) is 5.75 Å². The second kappa shape index (κ2) is 9.09. The van der Waals surface area contributed by atoms with Gasteiger partial charge < -0.3 is 19.5 Å². The average molecular weight is 410 g/mol. The summed E-state index contributed by atoms with van der Waals surface area (Å²) in [6, 6.07) is 9.65. The third-order valence-corrected chi connectivity index (χ3v) is 4.86. The Morgan fingerprint density at radius 2 is 2.00 bits per heavy atom. The van der Waals surface area contributed by atoms with Crippen molar-refractivity contribution in [1.82, 2.24) is 9.88 Å². The number of ketones is 1. The molecule has 1 aliphatic heterocycles. The van der Waals surface area contributed by atoms with Crippen molar-refractivity contribution in [1.29, 1.82) is 0 Å². The van der Waals surface area contributed by atoms with Gasteiger partial charge in [0.15, 0.2) is 0 Å². The molecule has 2 aromatic rings. The van der Waals surface area contributed by atoms with Crippen molar-refractivity contribution >= 4 is 17.4 Å². The predicted molar refractivity (Wildman–Crippen MR) is 112 cm³/mol. The number of aliphatic hydroxyl groups excluding tert-OH is 1. The number of hydrogen-bond donors (Lipinski definition) is 1. The van der Waals surface area contributed by atoms with Gasteiger partial charge in [0, 0.05) is 25.4 Å². The molecule has 1 amide bonds. The summed E-state index contributed by atoms with van der Waals surface area (Å²) in [7, 11) is 1.52. The SMILES string of the molecule is COCCN1C(=O)C(=O)/C(=C(\O)c2ccc(OC(C)C)c(C)c2)C1c1ccccn1. The Morgan fingerprint density at radius 1 is 1.23 bits per heavy atom. The van der Waals surface area contributed by atoms with E-state index in [0.29, 0.717) is 17.0 Å². The molecule has 0 saturated carbocycles. The van der Waals surface area contributed by atoms with Crippen LogP contribution in [-0.4, -0.2) is 53.0 Å². The zero-order chi connectivity index (χ0) is 21.8. The van der Waals surface area contributed by atoms with Crippen LogP contribution in [-0.2, 0) is 14.3 Å². The van der Waals surface area contributed by atoms with E-state index < -0.39 is 17.7 Å². The first kappa shape index (κ1) is 21.5. The molecule has 1 atom stereocenters. The van der Waals surface area contributed by atoms with Crippen LogP contribution in [0.1, 0.15) is 36.7 Å². The van der Waals surface area contributed by atoms with Crippen LogP contribution in [0.15, 0.2) is 48.2 Å². The van der Waals surface area contributed by atoms with Gasteiger partial charge >= 0.3 is 0 Å². The molecule has 0 radical (unpaired) electrons. The number of amides is 1. The number of Topliss-reactive ketones (excluding diaryl/α,β-unsaturated/α-hetero) is 1. The molecule has 2 heterocycles. The van der Waals surface area contributed by atoms with Crippen molar-refractivity contribution in [2.45, 2.75) is 32.9 Å². The van der Waals surface area contributed by atoms with Gasteiger partial charge in [-0.3, -0.25) is 14.6 Å². The van der Waals surface area contributed by atoms with E-state index in [1.165, 1.54) is 12.0 Å². The van der Waals surface area contributed by atoms with Crippen LogP contribution < -0.4 is 4.74 Å². The number of carbonyl (C=O) groups is 2. The van der Waals surface area contributed by atoms with Crippen molar-refractivity contribution in [3.63, 3.8) is 0 Å². The van der Waals surface area contributed by atoms with Gasteiger partial charge in [-0.2, -0.15) is 0 Å². The number of carbonyl (C=O) groups excluding carboxylic acids is 2. The van der Waals surface area contributed by atoms with E-state index in [9.17, 15) is 14.7 Å². The molecule has 1 N–H and O–H groups in total. The number of nitrogens with zero attached hydrogens (tertiary/aromatic N) is 2. The van der Waals surface area contributed by atoms with Gasteiger partial charge in [-0.05, 0) is 56.7 Å². The van der Waals surface area contributed by atoms with E-state index in [-0.39, 0.29) is 30.6 Å². The highest BCUT2D eigenvalue weighted by atomic mass is 16.5.